The van der Waals surface area contributed by atoms with Gasteiger partial charge in [-0.1, -0.05) is 6.42 Å². The van der Waals surface area contributed by atoms with Gasteiger partial charge in [-0.15, -0.1) is 0 Å². The molecular formula is C13H17NO4. The van der Waals surface area contributed by atoms with Crippen LogP contribution in [-0.4, -0.2) is 23.5 Å². The van der Waals surface area contributed by atoms with Crippen LogP contribution in [0.2, 0.25) is 0 Å². The van der Waals surface area contributed by atoms with Gasteiger partial charge in [0.05, 0.1) is 5.92 Å². The van der Waals surface area contributed by atoms with Crippen LogP contribution in [0.25, 0.3) is 0 Å². The zero-order valence-electron chi connectivity index (χ0n) is 10.3. The van der Waals surface area contributed by atoms with Gasteiger partial charge in [-0.2, -0.15) is 0 Å². The molecule has 0 aliphatic heterocycles. The molecule has 1 aliphatic rings. The predicted octanol–water partition coefficient (Wildman–Crippen LogP) is 1.82. The molecule has 0 radical (unpaired) electrons. The molecule has 1 amide bonds. The second-order valence-corrected chi connectivity index (χ2v) is 4.76. The van der Waals surface area contributed by atoms with Crippen LogP contribution in [0.4, 0.5) is 0 Å². The first-order valence-electron chi connectivity index (χ1n) is 6.15. The fourth-order valence-electron chi connectivity index (χ4n) is 2.47. The van der Waals surface area contributed by atoms with Gasteiger partial charge < -0.3 is 14.8 Å². The zero-order chi connectivity index (χ0) is 13.1. The van der Waals surface area contributed by atoms with Gasteiger partial charge in [0.15, 0.2) is 5.76 Å². The summed E-state index contributed by atoms with van der Waals surface area (Å²) in [4.78, 5) is 22.7. The summed E-state index contributed by atoms with van der Waals surface area (Å²) >= 11 is 0. The molecule has 2 rings (SSSR count). The molecule has 5 heteroatoms. The molecule has 0 saturated heterocycles. The topological polar surface area (TPSA) is 79.5 Å². The predicted molar refractivity (Wildman–Crippen MR) is 64.2 cm³/mol. The Bertz CT molecular complexity index is 452. The Labute approximate surface area is 105 Å². The molecule has 1 heterocycles. The highest BCUT2D eigenvalue weighted by atomic mass is 16.4. The zero-order valence-corrected chi connectivity index (χ0v) is 10.3. The molecule has 5 nitrogen and oxygen atoms in total. The minimum Gasteiger partial charge on any atom is -0.481 e. The van der Waals surface area contributed by atoms with Crippen LogP contribution in [-0.2, 0) is 4.79 Å². The number of nitrogens with one attached hydrogen (secondary N) is 1. The summed E-state index contributed by atoms with van der Waals surface area (Å²) in [7, 11) is 0. The highest BCUT2D eigenvalue weighted by molar-refractivity contribution is 5.91. The molecule has 0 bridgehead atoms. The van der Waals surface area contributed by atoms with Crippen molar-refractivity contribution in [3.63, 3.8) is 0 Å². The second kappa shape index (κ2) is 5.25. The molecule has 1 aliphatic carbocycles. The smallest absolute Gasteiger partial charge is 0.306 e. The summed E-state index contributed by atoms with van der Waals surface area (Å²) < 4.78 is 5.21. The molecule has 0 aromatic carbocycles. The monoisotopic (exact) mass is 251 g/mol. The molecule has 1 aromatic rings. The number of furan rings is 1. The Balaban J connectivity index is 1.88. The van der Waals surface area contributed by atoms with Crippen molar-refractivity contribution in [3.8, 4) is 0 Å². The SMILES string of the molecule is Cc1ccc(C(=O)NCC2CCCC2C(=O)O)o1. The lowest BCUT2D eigenvalue weighted by Gasteiger charge is -2.15. The van der Waals surface area contributed by atoms with E-state index in [1.54, 1.807) is 19.1 Å². The highest BCUT2D eigenvalue weighted by Crippen LogP contribution is 2.31. The first-order chi connectivity index (χ1) is 8.58. The lowest BCUT2D eigenvalue weighted by molar-refractivity contribution is -0.142. The maximum atomic E-state index is 11.7. The first-order valence-corrected chi connectivity index (χ1v) is 6.15. The third-order valence-corrected chi connectivity index (χ3v) is 3.47. The van der Waals surface area contributed by atoms with Gasteiger partial charge in [0.1, 0.15) is 5.76 Å². The maximum Gasteiger partial charge on any atom is 0.306 e. The largest absolute Gasteiger partial charge is 0.481 e. The van der Waals surface area contributed by atoms with E-state index in [2.05, 4.69) is 5.32 Å². The van der Waals surface area contributed by atoms with E-state index in [9.17, 15) is 9.59 Å². The van der Waals surface area contributed by atoms with Crippen LogP contribution >= 0.6 is 0 Å². The first kappa shape index (κ1) is 12.7. The van der Waals surface area contributed by atoms with Crippen LogP contribution in [0.15, 0.2) is 16.5 Å². The van der Waals surface area contributed by atoms with Crippen molar-refractivity contribution < 1.29 is 19.1 Å². The number of carbonyl (C=O) groups excluding carboxylic acids is 1. The molecule has 0 spiro atoms. The molecule has 98 valence electrons. The van der Waals surface area contributed by atoms with Crippen molar-refractivity contribution in [2.24, 2.45) is 11.8 Å². The molecule has 2 unspecified atom stereocenters. The van der Waals surface area contributed by atoms with E-state index < -0.39 is 5.97 Å². The third kappa shape index (κ3) is 2.72. The summed E-state index contributed by atoms with van der Waals surface area (Å²) in [6.07, 6.45) is 2.47. The van der Waals surface area contributed by atoms with Crippen molar-refractivity contribution in [2.45, 2.75) is 26.2 Å². The number of carboxylic acids is 1. The van der Waals surface area contributed by atoms with Crippen molar-refractivity contribution in [2.75, 3.05) is 6.54 Å². The van der Waals surface area contributed by atoms with Gasteiger partial charge in [-0.25, -0.2) is 0 Å². The molecule has 2 N–H and O–H groups in total. The molecule has 18 heavy (non-hydrogen) atoms. The van der Waals surface area contributed by atoms with Gasteiger partial charge in [0.2, 0.25) is 0 Å². The molecule has 1 fully saturated rings. The average Bonchev–Trinajstić information content (AvgIpc) is 2.94. The average molecular weight is 251 g/mol. The van der Waals surface area contributed by atoms with E-state index in [1.807, 2.05) is 0 Å². The molecular weight excluding hydrogens is 234 g/mol. The van der Waals surface area contributed by atoms with Crippen molar-refractivity contribution in [1.82, 2.24) is 5.32 Å². The number of amides is 1. The number of aryl methyl sites for hydroxylation is 1. The van der Waals surface area contributed by atoms with Gasteiger partial charge in [-0.3, -0.25) is 9.59 Å². The van der Waals surface area contributed by atoms with E-state index in [0.29, 0.717) is 18.7 Å². The van der Waals surface area contributed by atoms with E-state index in [-0.39, 0.29) is 23.5 Å². The van der Waals surface area contributed by atoms with Crippen molar-refractivity contribution in [3.05, 3.63) is 23.7 Å². The van der Waals surface area contributed by atoms with Crippen molar-refractivity contribution in [1.29, 1.82) is 0 Å². The van der Waals surface area contributed by atoms with Crippen LogP contribution in [0.1, 0.15) is 35.6 Å². The van der Waals surface area contributed by atoms with Crippen LogP contribution < -0.4 is 5.32 Å². The number of carbonyl (C=O) groups is 2. The number of aliphatic carboxylic acids is 1. The molecule has 2 atom stereocenters. The summed E-state index contributed by atoms with van der Waals surface area (Å²) in [5.74, 6) is -0.382. The quantitative estimate of drug-likeness (QED) is 0.855. The van der Waals surface area contributed by atoms with Gasteiger partial charge in [-0.05, 0) is 37.8 Å². The lowest BCUT2D eigenvalue weighted by atomic mass is 9.96. The number of carboxylic acid groups (broad SMARTS) is 1. The van der Waals surface area contributed by atoms with Gasteiger partial charge >= 0.3 is 5.97 Å². The fraction of sp³-hybridized carbons (Fsp3) is 0.538. The minimum atomic E-state index is -0.763. The lowest BCUT2D eigenvalue weighted by Crippen LogP contribution is -2.32. The standard InChI is InChI=1S/C13H17NO4/c1-8-5-6-11(18-8)12(15)14-7-9-3-2-4-10(9)13(16)17/h5-6,9-10H,2-4,7H2,1H3,(H,14,15)(H,16,17). The van der Waals surface area contributed by atoms with Crippen LogP contribution in [0.3, 0.4) is 0 Å². The van der Waals surface area contributed by atoms with Crippen molar-refractivity contribution >= 4 is 11.9 Å². The van der Waals surface area contributed by atoms with E-state index in [1.165, 1.54) is 0 Å². The van der Waals surface area contributed by atoms with Gasteiger partial charge in [0, 0.05) is 6.54 Å². The normalized spacial score (nSPS) is 22.9. The van der Waals surface area contributed by atoms with Gasteiger partial charge in [0.25, 0.3) is 5.91 Å². The van der Waals surface area contributed by atoms with E-state index >= 15 is 0 Å². The number of hydrogen-bond donors (Lipinski definition) is 2. The van der Waals surface area contributed by atoms with E-state index in [0.717, 1.165) is 12.8 Å². The maximum absolute atomic E-state index is 11.7. The highest BCUT2D eigenvalue weighted by Gasteiger charge is 2.33. The molecule has 1 aromatic heterocycles. The Morgan fingerprint density at radius 1 is 1.44 bits per heavy atom. The van der Waals surface area contributed by atoms with Crippen LogP contribution in [0.5, 0.6) is 0 Å². The summed E-state index contributed by atoms with van der Waals surface area (Å²) in [5.41, 5.74) is 0. The Morgan fingerprint density at radius 3 is 2.83 bits per heavy atom. The van der Waals surface area contributed by atoms with E-state index in [4.69, 9.17) is 9.52 Å². The second-order valence-electron chi connectivity index (χ2n) is 4.76. The summed E-state index contributed by atoms with van der Waals surface area (Å²) in [6, 6.07) is 3.35. The summed E-state index contributed by atoms with van der Waals surface area (Å²) in [5, 5.41) is 11.8. The Morgan fingerprint density at radius 2 is 2.22 bits per heavy atom. The summed E-state index contributed by atoms with van der Waals surface area (Å²) in [6.45, 7) is 2.17. The van der Waals surface area contributed by atoms with Crippen LogP contribution in [0, 0.1) is 18.8 Å². The Kier molecular flexibility index (Phi) is 3.69. The molecule has 1 saturated carbocycles. The third-order valence-electron chi connectivity index (χ3n) is 3.47. The minimum absolute atomic E-state index is 0.0301. The Hall–Kier alpha value is -1.78. The number of hydrogen-bond acceptors (Lipinski definition) is 3. The fourth-order valence-corrected chi connectivity index (χ4v) is 2.47. The number of rotatable bonds is 4.